The predicted octanol–water partition coefficient (Wildman–Crippen LogP) is 0.954. The number of hydrogen-bond acceptors (Lipinski definition) is 4. The van der Waals surface area contributed by atoms with Crippen LogP contribution in [0.1, 0.15) is 19.3 Å². The maximum absolute atomic E-state index is 12.1. The summed E-state index contributed by atoms with van der Waals surface area (Å²) >= 11 is 0. The van der Waals surface area contributed by atoms with E-state index in [1.54, 1.807) is 0 Å². The number of carbonyl (C=O) groups is 1. The highest BCUT2D eigenvalue weighted by Crippen LogP contribution is 2.32. The fourth-order valence-electron chi connectivity index (χ4n) is 3.04. The van der Waals surface area contributed by atoms with Gasteiger partial charge in [0, 0.05) is 12.5 Å². The summed E-state index contributed by atoms with van der Waals surface area (Å²) in [4.78, 5) is 13.6. The summed E-state index contributed by atoms with van der Waals surface area (Å²) < 4.78 is 45.8. The highest BCUT2D eigenvalue weighted by molar-refractivity contribution is 5.78. The Labute approximate surface area is 121 Å². The SMILES string of the molecule is O=C(COCC(F)(F)F)N1CCOC[C@@H]1[C@@H]1CCC[C@H]1O. The van der Waals surface area contributed by atoms with Gasteiger partial charge in [0.2, 0.25) is 5.91 Å². The van der Waals surface area contributed by atoms with Crippen molar-refractivity contribution in [3.8, 4) is 0 Å². The number of aliphatic hydroxyl groups excluding tert-OH is 1. The zero-order valence-corrected chi connectivity index (χ0v) is 11.6. The van der Waals surface area contributed by atoms with Crippen molar-refractivity contribution in [3.05, 3.63) is 0 Å². The van der Waals surface area contributed by atoms with Gasteiger partial charge in [-0.3, -0.25) is 4.79 Å². The van der Waals surface area contributed by atoms with Crippen LogP contribution >= 0.6 is 0 Å². The van der Waals surface area contributed by atoms with E-state index >= 15 is 0 Å². The van der Waals surface area contributed by atoms with Crippen LogP contribution < -0.4 is 0 Å². The van der Waals surface area contributed by atoms with E-state index in [0.29, 0.717) is 26.2 Å². The third-order valence-corrected chi connectivity index (χ3v) is 4.00. The highest BCUT2D eigenvalue weighted by atomic mass is 19.4. The molecule has 0 aromatic heterocycles. The second-order valence-corrected chi connectivity index (χ2v) is 5.50. The van der Waals surface area contributed by atoms with E-state index in [1.165, 1.54) is 4.90 Å². The second kappa shape index (κ2) is 6.93. The van der Waals surface area contributed by atoms with E-state index in [-0.39, 0.29) is 12.0 Å². The Morgan fingerprint density at radius 1 is 1.38 bits per heavy atom. The first-order chi connectivity index (χ1) is 9.88. The molecular formula is C13H20F3NO4. The number of halogens is 3. The lowest BCUT2D eigenvalue weighted by molar-refractivity contribution is -0.180. The average Bonchev–Trinajstić information content (AvgIpc) is 2.83. The molecule has 2 rings (SSSR count). The van der Waals surface area contributed by atoms with Crippen LogP contribution in [0.5, 0.6) is 0 Å². The Balaban J connectivity index is 1.90. The Hall–Kier alpha value is -0.860. The minimum absolute atomic E-state index is 0.0723. The molecular weight excluding hydrogens is 291 g/mol. The van der Waals surface area contributed by atoms with Gasteiger partial charge >= 0.3 is 6.18 Å². The van der Waals surface area contributed by atoms with Crippen molar-refractivity contribution in [2.24, 2.45) is 5.92 Å². The lowest BCUT2D eigenvalue weighted by Crippen LogP contribution is -2.54. The number of alkyl halides is 3. The molecule has 0 spiro atoms. The standard InChI is InChI=1S/C13H20F3NO4/c14-13(15,16)8-21-7-12(19)17-4-5-20-6-10(17)9-2-1-3-11(9)18/h9-11,18H,1-8H2/t9-,10+,11+/m0/s1. The number of carbonyl (C=O) groups excluding carboxylic acids is 1. The van der Waals surface area contributed by atoms with E-state index in [9.17, 15) is 23.1 Å². The predicted molar refractivity (Wildman–Crippen MR) is 66.5 cm³/mol. The summed E-state index contributed by atoms with van der Waals surface area (Å²) in [5, 5.41) is 9.95. The summed E-state index contributed by atoms with van der Waals surface area (Å²) in [5.41, 5.74) is 0. The Kier molecular flexibility index (Phi) is 5.45. The largest absolute Gasteiger partial charge is 0.411 e. The molecule has 0 unspecified atom stereocenters. The Bertz CT molecular complexity index is 364. The first kappa shape index (κ1) is 16.5. The molecule has 0 bridgehead atoms. The minimum atomic E-state index is -4.44. The number of morpholine rings is 1. The molecule has 1 saturated heterocycles. The fourth-order valence-corrected chi connectivity index (χ4v) is 3.04. The molecule has 2 fully saturated rings. The normalized spacial score (nSPS) is 30.7. The number of ether oxygens (including phenoxy) is 2. The number of nitrogens with zero attached hydrogens (tertiary/aromatic N) is 1. The van der Waals surface area contributed by atoms with Crippen molar-refractivity contribution in [1.82, 2.24) is 4.90 Å². The van der Waals surface area contributed by atoms with E-state index in [1.807, 2.05) is 0 Å². The van der Waals surface area contributed by atoms with Crippen LogP contribution in [0.4, 0.5) is 13.2 Å². The number of rotatable bonds is 4. The molecule has 21 heavy (non-hydrogen) atoms. The Morgan fingerprint density at radius 2 is 2.14 bits per heavy atom. The van der Waals surface area contributed by atoms with Crippen molar-refractivity contribution >= 4 is 5.91 Å². The first-order valence-electron chi connectivity index (χ1n) is 7.08. The zero-order chi connectivity index (χ0) is 15.5. The van der Waals surface area contributed by atoms with Gasteiger partial charge in [0.05, 0.1) is 25.4 Å². The molecule has 8 heteroatoms. The van der Waals surface area contributed by atoms with Gasteiger partial charge < -0.3 is 19.5 Å². The molecule has 1 N–H and O–H groups in total. The summed E-state index contributed by atoms with van der Waals surface area (Å²) in [6.45, 7) is -1.04. The molecule has 0 radical (unpaired) electrons. The molecule has 1 heterocycles. The van der Waals surface area contributed by atoms with Crippen molar-refractivity contribution in [2.75, 3.05) is 33.0 Å². The van der Waals surface area contributed by atoms with Gasteiger partial charge in [0.15, 0.2) is 0 Å². The fraction of sp³-hybridized carbons (Fsp3) is 0.923. The maximum atomic E-state index is 12.1. The van der Waals surface area contributed by atoms with Crippen LogP contribution in [0.2, 0.25) is 0 Å². The number of amides is 1. The van der Waals surface area contributed by atoms with Crippen molar-refractivity contribution in [3.63, 3.8) is 0 Å². The topological polar surface area (TPSA) is 59.0 Å². The summed E-state index contributed by atoms with van der Waals surface area (Å²) in [7, 11) is 0. The first-order valence-corrected chi connectivity index (χ1v) is 7.08. The van der Waals surface area contributed by atoms with Crippen LogP contribution in [0.3, 0.4) is 0 Å². The van der Waals surface area contributed by atoms with Crippen LogP contribution in [0.25, 0.3) is 0 Å². The van der Waals surface area contributed by atoms with Crippen LogP contribution in [0, 0.1) is 5.92 Å². The van der Waals surface area contributed by atoms with Crippen LogP contribution in [-0.2, 0) is 14.3 Å². The smallest absolute Gasteiger partial charge is 0.393 e. The third kappa shape index (κ3) is 4.55. The van der Waals surface area contributed by atoms with Gasteiger partial charge in [-0.25, -0.2) is 0 Å². The monoisotopic (exact) mass is 311 g/mol. The molecule has 0 aromatic carbocycles. The molecule has 1 saturated carbocycles. The molecule has 122 valence electrons. The number of hydrogen-bond donors (Lipinski definition) is 1. The molecule has 5 nitrogen and oxygen atoms in total. The van der Waals surface area contributed by atoms with E-state index in [0.717, 1.165) is 12.8 Å². The highest BCUT2D eigenvalue weighted by Gasteiger charge is 2.39. The molecule has 1 aliphatic carbocycles. The van der Waals surface area contributed by atoms with E-state index < -0.39 is 31.4 Å². The van der Waals surface area contributed by atoms with Crippen molar-refractivity contribution in [2.45, 2.75) is 37.6 Å². The van der Waals surface area contributed by atoms with E-state index in [4.69, 9.17) is 4.74 Å². The lowest BCUT2D eigenvalue weighted by Gasteiger charge is -2.40. The molecule has 2 aliphatic rings. The van der Waals surface area contributed by atoms with Gasteiger partial charge in [-0.05, 0) is 12.8 Å². The van der Waals surface area contributed by atoms with Gasteiger partial charge in [-0.1, -0.05) is 6.42 Å². The molecule has 1 aliphatic heterocycles. The third-order valence-electron chi connectivity index (χ3n) is 4.00. The van der Waals surface area contributed by atoms with Crippen LogP contribution in [-0.4, -0.2) is 67.2 Å². The minimum Gasteiger partial charge on any atom is -0.393 e. The molecule has 0 aromatic rings. The molecule has 1 amide bonds. The van der Waals surface area contributed by atoms with Gasteiger partial charge in [0.1, 0.15) is 13.2 Å². The van der Waals surface area contributed by atoms with Gasteiger partial charge in [-0.2, -0.15) is 13.2 Å². The summed E-state index contributed by atoms with van der Waals surface area (Å²) in [5.74, 6) is -0.552. The van der Waals surface area contributed by atoms with Crippen LogP contribution in [0.15, 0.2) is 0 Å². The van der Waals surface area contributed by atoms with Gasteiger partial charge in [0.25, 0.3) is 0 Å². The van der Waals surface area contributed by atoms with Crippen molar-refractivity contribution < 1.29 is 32.5 Å². The Morgan fingerprint density at radius 3 is 2.76 bits per heavy atom. The average molecular weight is 311 g/mol. The van der Waals surface area contributed by atoms with Crippen molar-refractivity contribution in [1.29, 1.82) is 0 Å². The maximum Gasteiger partial charge on any atom is 0.411 e. The zero-order valence-electron chi connectivity index (χ0n) is 11.6. The summed E-state index contributed by atoms with van der Waals surface area (Å²) in [6, 6.07) is -0.279. The number of aliphatic hydroxyl groups is 1. The molecule has 3 atom stereocenters. The van der Waals surface area contributed by atoms with E-state index in [2.05, 4.69) is 4.74 Å². The second-order valence-electron chi connectivity index (χ2n) is 5.50. The quantitative estimate of drug-likeness (QED) is 0.840. The lowest BCUT2D eigenvalue weighted by atomic mass is 9.94. The van der Waals surface area contributed by atoms with Gasteiger partial charge in [-0.15, -0.1) is 0 Å². The summed E-state index contributed by atoms with van der Waals surface area (Å²) in [6.07, 6.45) is -2.56.